The summed E-state index contributed by atoms with van der Waals surface area (Å²) in [5.74, 6) is 0.279. The van der Waals surface area contributed by atoms with Crippen LogP contribution in [0.4, 0.5) is 0 Å². The molecule has 18 heavy (non-hydrogen) atoms. The highest BCUT2D eigenvalue weighted by molar-refractivity contribution is 7.91. The molecule has 1 atom stereocenters. The van der Waals surface area contributed by atoms with Gasteiger partial charge in [0.05, 0.1) is 4.34 Å². The van der Waals surface area contributed by atoms with Crippen molar-refractivity contribution in [3.05, 3.63) is 16.0 Å². The largest absolute Gasteiger partial charge is 0.330 e. The van der Waals surface area contributed by atoms with Crippen LogP contribution in [-0.2, 0) is 10.0 Å². The van der Waals surface area contributed by atoms with Crippen LogP contribution in [0.5, 0.6) is 0 Å². The Kier molecular flexibility index (Phi) is 5.46. The zero-order valence-corrected chi connectivity index (χ0v) is 13.1. The monoisotopic (exact) mass is 330 g/mol. The molecule has 1 fully saturated rings. The van der Waals surface area contributed by atoms with Gasteiger partial charge in [-0.1, -0.05) is 11.6 Å². The van der Waals surface area contributed by atoms with E-state index in [1.165, 1.54) is 4.31 Å². The molecule has 0 saturated carbocycles. The zero-order valence-electron chi connectivity index (χ0n) is 9.93. The van der Waals surface area contributed by atoms with Crippen LogP contribution >= 0.6 is 35.3 Å². The molecule has 8 heteroatoms. The molecular weight excluding hydrogens is 315 g/mol. The van der Waals surface area contributed by atoms with Crippen molar-refractivity contribution < 1.29 is 8.42 Å². The molecule has 2 heterocycles. The maximum absolute atomic E-state index is 12.3. The van der Waals surface area contributed by atoms with E-state index in [1.54, 1.807) is 6.07 Å². The third kappa shape index (κ3) is 3.00. The van der Waals surface area contributed by atoms with Crippen molar-refractivity contribution in [1.82, 2.24) is 4.31 Å². The Morgan fingerprint density at radius 2 is 2.28 bits per heavy atom. The van der Waals surface area contributed by atoms with Crippen molar-refractivity contribution in [2.45, 2.75) is 17.6 Å². The number of nitrogens with zero attached hydrogens (tertiary/aromatic N) is 1. The van der Waals surface area contributed by atoms with E-state index in [2.05, 4.69) is 0 Å². The number of sulfonamides is 1. The fourth-order valence-electron chi connectivity index (χ4n) is 1.89. The summed E-state index contributed by atoms with van der Waals surface area (Å²) in [5, 5.41) is 0. The van der Waals surface area contributed by atoms with Gasteiger partial charge in [0.2, 0.25) is 0 Å². The molecule has 0 bridgehead atoms. The third-order valence-corrected chi connectivity index (χ3v) is 6.88. The molecule has 0 spiro atoms. The number of nitrogens with two attached hydrogens (primary N) is 1. The van der Waals surface area contributed by atoms with Crippen LogP contribution in [-0.4, -0.2) is 32.4 Å². The number of thiophene rings is 1. The number of halogens is 2. The fourth-order valence-corrected chi connectivity index (χ4v) is 5.29. The SMILES string of the molecule is Cc1cc(S(=O)(=O)N2CCC(CN)C2)sc1Cl.Cl. The van der Waals surface area contributed by atoms with Gasteiger partial charge in [-0.15, -0.1) is 23.7 Å². The van der Waals surface area contributed by atoms with Crippen LogP contribution < -0.4 is 5.73 Å². The zero-order chi connectivity index (χ0) is 12.6. The van der Waals surface area contributed by atoms with Gasteiger partial charge in [-0.05, 0) is 37.4 Å². The highest BCUT2D eigenvalue weighted by Crippen LogP contribution is 2.33. The van der Waals surface area contributed by atoms with Crippen LogP contribution in [0, 0.1) is 12.8 Å². The van der Waals surface area contributed by atoms with Crippen molar-refractivity contribution in [2.24, 2.45) is 11.7 Å². The van der Waals surface area contributed by atoms with E-state index in [0.717, 1.165) is 23.3 Å². The summed E-state index contributed by atoms with van der Waals surface area (Å²) in [5.41, 5.74) is 6.38. The van der Waals surface area contributed by atoms with E-state index in [9.17, 15) is 8.42 Å². The van der Waals surface area contributed by atoms with Gasteiger partial charge in [-0.25, -0.2) is 8.42 Å². The summed E-state index contributed by atoms with van der Waals surface area (Å²) in [6.07, 6.45) is 0.841. The summed E-state index contributed by atoms with van der Waals surface area (Å²) in [6, 6.07) is 1.64. The van der Waals surface area contributed by atoms with E-state index in [1.807, 2.05) is 6.92 Å². The Morgan fingerprint density at radius 3 is 2.72 bits per heavy atom. The highest BCUT2D eigenvalue weighted by Gasteiger charge is 2.33. The highest BCUT2D eigenvalue weighted by atomic mass is 35.5. The van der Waals surface area contributed by atoms with Crippen LogP contribution in [0.1, 0.15) is 12.0 Å². The molecular formula is C10H16Cl2N2O2S2. The van der Waals surface area contributed by atoms with Gasteiger partial charge in [-0.2, -0.15) is 4.31 Å². The summed E-state index contributed by atoms with van der Waals surface area (Å²) in [7, 11) is -3.37. The predicted octanol–water partition coefficient (Wildman–Crippen LogP) is 2.10. The van der Waals surface area contributed by atoms with Gasteiger partial charge in [0.1, 0.15) is 4.21 Å². The second-order valence-corrected chi connectivity index (χ2v) is 8.09. The molecule has 1 saturated heterocycles. The van der Waals surface area contributed by atoms with Gasteiger partial charge in [0.25, 0.3) is 10.0 Å². The second-order valence-electron chi connectivity index (χ2n) is 4.28. The Morgan fingerprint density at radius 1 is 1.61 bits per heavy atom. The minimum atomic E-state index is -3.37. The van der Waals surface area contributed by atoms with E-state index in [-0.39, 0.29) is 18.3 Å². The first-order chi connectivity index (χ1) is 7.95. The molecule has 2 rings (SSSR count). The summed E-state index contributed by atoms with van der Waals surface area (Å²) < 4.78 is 27.0. The summed E-state index contributed by atoms with van der Waals surface area (Å²) in [4.78, 5) is 0. The van der Waals surface area contributed by atoms with Crippen molar-refractivity contribution in [1.29, 1.82) is 0 Å². The Hall–Kier alpha value is 0.150. The molecule has 1 unspecified atom stereocenters. The van der Waals surface area contributed by atoms with Gasteiger partial charge in [0, 0.05) is 13.1 Å². The maximum Gasteiger partial charge on any atom is 0.252 e. The predicted molar refractivity (Wildman–Crippen MR) is 77.2 cm³/mol. The van der Waals surface area contributed by atoms with E-state index < -0.39 is 10.0 Å². The maximum atomic E-state index is 12.3. The van der Waals surface area contributed by atoms with Crippen molar-refractivity contribution in [3.63, 3.8) is 0 Å². The second kappa shape index (κ2) is 6.07. The smallest absolute Gasteiger partial charge is 0.252 e. The minimum absolute atomic E-state index is 0. The van der Waals surface area contributed by atoms with E-state index in [4.69, 9.17) is 17.3 Å². The molecule has 1 aromatic rings. The molecule has 104 valence electrons. The number of hydrogen-bond donors (Lipinski definition) is 1. The average molecular weight is 331 g/mol. The minimum Gasteiger partial charge on any atom is -0.330 e. The molecule has 1 aromatic heterocycles. The molecule has 0 radical (unpaired) electrons. The standard InChI is InChI=1S/C10H15ClN2O2S2.ClH/c1-7-4-9(16-10(7)11)17(14,15)13-3-2-8(5-12)6-13;/h4,8H,2-3,5-6,12H2,1H3;1H. The fraction of sp³-hybridized carbons (Fsp3) is 0.600. The van der Waals surface area contributed by atoms with Gasteiger partial charge >= 0.3 is 0 Å². The Labute approximate surface area is 123 Å². The van der Waals surface area contributed by atoms with Crippen molar-refractivity contribution >= 4 is 45.4 Å². The molecule has 0 aromatic carbocycles. The van der Waals surface area contributed by atoms with Gasteiger partial charge in [-0.3, -0.25) is 0 Å². The molecule has 0 amide bonds. The van der Waals surface area contributed by atoms with Gasteiger partial charge in [0.15, 0.2) is 0 Å². The quantitative estimate of drug-likeness (QED) is 0.923. The first-order valence-electron chi connectivity index (χ1n) is 5.41. The van der Waals surface area contributed by atoms with Gasteiger partial charge < -0.3 is 5.73 Å². The molecule has 4 nitrogen and oxygen atoms in total. The first kappa shape index (κ1) is 16.2. The summed E-state index contributed by atoms with van der Waals surface area (Å²) >= 11 is 7.04. The van der Waals surface area contributed by atoms with Crippen molar-refractivity contribution in [2.75, 3.05) is 19.6 Å². The van der Waals surface area contributed by atoms with E-state index >= 15 is 0 Å². The molecule has 1 aliphatic heterocycles. The topological polar surface area (TPSA) is 63.4 Å². The lowest BCUT2D eigenvalue weighted by molar-refractivity contribution is 0.460. The molecule has 0 aliphatic carbocycles. The van der Waals surface area contributed by atoms with Crippen molar-refractivity contribution in [3.8, 4) is 0 Å². The Balaban J connectivity index is 0.00000162. The lowest BCUT2D eigenvalue weighted by Crippen LogP contribution is -2.29. The lowest BCUT2D eigenvalue weighted by atomic mass is 10.1. The number of rotatable bonds is 3. The Bertz CT molecular complexity index is 496. The average Bonchev–Trinajstić information content (AvgIpc) is 2.87. The summed E-state index contributed by atoms with van der Waals surface area (Å²) in [6.45, 7) is 3.42. The van der Waals surface area contributed by atoms with Crippen LogP contribution in [0.2, 0.25) is 4.34 Å². The van der Waals surface area contributed by atoms with E-state index in [0.29, 0.717) is 28.2 Å². The number of hydrogen-bond acceptors (Lipinski definition) is 4. The molecule has 1 aliphatic rings. The van der Waals surface area contributed by atoms with Crippen LogP contribution in [0.3, 0.4) is 0 Å². The van der Waals surface area contributed by atoms with Crippen LogP contribution in [0.25, 0.3) is 0 Å². The molecule has 2 N–H and O–H groups in total. The van der Waals surface area contributed by atoms with Crippen LogP contribution in [0.15, 0.2) is 10.3 Å². The first-order valence-corrected chi connectivity index (χ1v) is 8.04. The third-order valence-electron chi connectivity index (χ3n) is 3.01. The normalized spacial score (nSPS) is 20.9. The lowest BCUT2D eigenvalue weighted by Gasteiger charge is -2.14. The number of aryl methyl sites for hydroxylation is 1.